The number of aliphatic imine (C=N–C) groups is 1. The van der Waals surface area contributed by atoms with Crippen LogP contribution in [0, 0.1) is 17.2 Å². The van der Waals surface area contributed by atoms with Crippen molar-refractivity contribution in [2.75, 3.05) is 32.6 Å². The van der Waals surface area contributed by atoms with Crippen molar-refractivity contribution in [1.82, 2.24) is 4.57 Å². The van der Waals surface area contributed by atoms with E-state index in [0.29, 0.717) is 17.0 Å². The fourth-order valence-electron chi connectivity index (χ4n) is 3.05. The number of hydrogen-bond acceptors (Lipinski definition) is 6. The molecule has 0 saturated heterocycles. The molecule has 1 aromatic heterocycles. The van der Waals surface area contributed by atoms with Gasteiger partial charge in [0.1, 0.15) is 6.04 Å². The molecule has 0 saturated carbocycles. The quantitative estimate of drug-likeness (QED) is 0.331. The van der Waals surface area contributed by atoms with Crippen LogP contribution in [0.25, 0.3) is 5.70 Å². The van der Waals surface area contributed by atoms with E-state index in [4.69, 9.17) is 10.5 Å². The van der Waals surface area contributed by atoms with Gasteiger partial charge in [-0.2, -0.15) is 5.26 Å². The molecule has 1 atom stereocenters. The molecule has 0 fully saturated rings. The van der Waals surface area contributed by atoms with E-state index in [1.165, 1.54) is 4.57 Å². The maximum atomic E-state index is 13.0. The van der Waals surface area contributed by atoms with E-state index in [9.17, 15) is 10.1 Å². The fourth-order valence-corrected chi connectivity index (χ4v) is 3.05. The molecule has 0 radical (unpaired) electrons. The van der Waals surface area contributed by atoms with Gasteiger partial charge in [-0.15, -0.1) is 0 Å². The molecule has 0 aliphatic heterocycles. The van der Waals surface area contributed by atoms with Gasteiger partial charge >= 0.3 is 0 Å². The maximum absolute atomic E-state index is 13.0. The van der Waals surface area contributed by atoms with Gasteiger partial charge < -0.3 is 15.8 Å². The van der Waals surface area contributed by atoms with Gasteiger partial charge in [0.25, 0.3) is 5.56 Å². The number of nitrogens with zero attached hydrogens (tertiary/aromatic N) is 3. The van der Waals surface area contributed by atoms with Crippen molar-refractivity contribution in [2.45, 2.75) is 74.3 Å². The molecule has 0 aromatic carbocycles. The van der Waals surface area contributed by atoms with E-state index >= 15 is 0 Å². The minimum absolute atomic E-state index is 0.0413. The van der Waals surface area contributed by atoms with Crippen LogP contribution in [0.4, 0.5) is 5.69 Å². The average molecular weight is 474 g/mol. The summed E-state index contributed by atoms with van der Waals surface area (Å²) in [5, 5.41) is 12.6. The topological polar surface area (TPSA) is 105 Å². The number of ether oxygens (including phenoxy) is 1. The van der Waals surface area contributed by atoms with E-state index in [1.807, 2.05) is 47.6 Å². The highest BCUT2D eigenvalue weighted by Gasteiger charge is 2.23. The Hall–Kier alpha value is -2.85. The lowest BCUT2D eigenvalue weighted by Crippen LogP contribution is -2.32. The van der Waals surface area contributed by atoms with Gasteiger partial charge in [0.2, 0.25) is 0 Å². The predicted octanol–water partition coefficient (Wildman–Crippen LogP) is 5.77. The first-order chi connectivity index (χ1) is 16.1. The molecular formula is C27H47N5O2. The lowest BCUT2D eigenvalue weighted by atomic mass is 10.00. The fraction of sp³-hybridized carbons (Fsp3) is 0.593. The summed E-state index contributed by atoms with van der Waals surface area (Å²) in [6, 6.07) is 1.59. The summed E-state index contributed by atoms with van der Waals surface area (Å²) in [4.78, 5) is 17.3. The van der Waals surface area contributed by atoms with Crippen molar-refractivity contribution < 1.29 is 4.74 Å². The minimum atomic E-state index is -0.611. The van der Waals surface area contributed by atoms with Crippen LogP contribution in [0.15, 0.2) is 34.2 Å². The summed E-state index contributed by atoms with van der Waals surface area (Å²) < 4.78 is 6.56. The Balaban J connectivity index is 0. The van der Waals surface area contributed by atoms with E-state index in [2.05, 4.69) is 36.8 Å². The van der Waals surface area contributed by atoms with Crippen molar-refractivity contribution in [3.05, 3.63) is 45.9 Å². The Kier molecular flexibility index (Phi) is 18.2. The molecule has 7 heteroatoms. The number of nitrogens with two attached hydrogens (primary N) is 1. The van der Waals surface area contributed by atoms with Gasteiger partial charge in [0.05, 0.1) is 23.0 Å². The van der Waals surface area contributed by atoms with Crippen LogP contribution >= 0.6 is 0 Å². The molecule has 192 valence electrons. The Bertz CT molecular complexity index is 897. The molecule has 7 nitrogen and oxygen atoms in total. The molecule has 0 amide bonds. The number of anilines is 1. The smallest absolute Gasteiger partial charge is 0.263 e. The lowest BCUT2D eigenvalue weighted by molar-refractivity contribution is 0.135. The van der Waals surface area contributed by atoms with Crippen LogP contribution in [0.3, 0.4) is 0 Å². The Morgan fingerprint density at radius 2 is 1.82 bits per heavy atom. The first-order valence-corrected chi connectivity index (χ1v) is 12.1. The van der Waals surface area contributed by atoms with Gasteiger partial charge in [0.15, 0.2) is 0 Å². The first-order valence-electron chi connectivity index (χ1n) is 12.1. The molecule has 0 spiro atoms. The predicted molar refractivity (Wildman–Crippen MR) is 148 cm³/mol. The van der Waals surface area contributed by atoms with Crippen molar-refractivity contribution in [3.8, 4) is 6.07 Å². The van der Waals surface area contributed by atoms with Crippen LogP contribution in [-0.4, -0.2) is 37.6 Å². The van der Waals surface area contributed by atoms with Gasteiger partial charge in [-0.1, -0.05) is 53.7 Å². The number of nitrogens with one attached hydrogen (secondary N) is 1. The van der Waals surface area contributed by atoms with Crippen LogP contribution < -0.4 is 16.6 Å². The summed E-state index contributed by atoms with van der Waals surface area (Å²) in [5.74, 6) is -0.0413. The molecule has 1 rings (SSSR count). The minimum Gasteiger partial charge on any atom is -0.398 e. The number of allylic oxidation sites excluding steroid dienone is 2. The Labute approximate surface area is 207 Å². The van der Waals surface area contributed by atoms with Crippen LogP contribution in [0.2, 0.25) is 0 Å². The van der Waals surface area contributed by atoms with Crippen LogP contribution in [-0.2, 0) is 4.74 Å². The molecule has 0 aliphatic rings. The van der Waals surface area contributed by atoms with E-state index < -0.39 is 6.04 Å². The number of aromatic nitrogens is 1. The standard InChI is InChI=1S/C19H27N5O.C6H14O.C2H6/c1-11(2)8-15(22-6)14-10-24(16(9-20)12(3)4)19(25)17(13(5)21)18(14)23-7;1-3-5-7-6-4-2;1-2/h8,10,12,16,23H,5,21H2,1-4,6-7H3;3-6H2,1-2H3;1-2H3. The summed E-state index contributed by atoms with van der Waals surface area (Å²) in [7, 11) is 3.40. The zero-order valence-electron chi connectivity index (χ0n) is 23.1. The SMILES string of the molecule is C=C(N)c1c(NC)c(C(C=C(C)C)=NC)cn(C(C#N)C(C)C)c1=O.CC.CCCOCCC. The van der Waals surface area contributed by atoms with Crippen molar-refractivity contribution in [3.63, 3.8) is 0 Å². The monoisotopic (exact) mass is 473 g/mol. The Morgan fingerprint density at radius 1 is 1.29 bits per heavy atom. The molecule has 3 N–H and O–H groups in total. The second-order valence-corrected chi connectivity index (χ2v) is 8.04. The first kappa shape index (κ1) is 33.3. The third-order valence-corrected chi connectivity index (χ3v) is 4.51. The molecule has 1 aromatic rings. The van der Waals surface area contributed by atoms with Crippen LogP contribution in [0.1, 0.15) is 85.4 Å². The largest absolute Gasteiger partial charge is 0.398 e. The van der Waals surface area contributed by atoms with Crippen molar-refractivity contribution in [2.24, 2.45) is 16.6 Å². The zero-order valence-corrected chi connectivity index (χ0v) is 23.1. The molecule has 1 unspecified atom stereocenters. The molecule has 1 heterocycles. The van der Waals surface area contributed by atoms with Gasteiger partial charge in [0, 0.05) is 44.8 Å². The normalized spacial score (nSPS) is 11.3. The lowest BCUT2D eigenvalue weighted by Gasteiger charge is -2.22. The van der Waals surface area contributed by atoms with Gasteiger partial charge in [-0.3, -0.25) is 14.4 Å². The van der Waals surface area contributed by atoms with Crippen molar-refractivity contribution in [1.29, 1.82) is 5.26 Å². The number of hydrogen-bond donors (Lipinski definition) is 2. The van der Waals surface area contributed by atoms with Gasteiger partial charge in [-0.25, -0.2) is 0 Å². The summed E-state index contributed by atoms with van der Waals surface area (Å²) in [5.41, 5.74) is 9.01. The molecule has 0 bridgehead atoms. The highest BCUT2D eigenvalue weighted by molar-refractivity contribution is 6.13. The zero-order chi connectivity index (χ0) is 26.8. The number of pyridine rings is 1. The van der Waals surface area contributed by atoms with E-state index in [-0.39, 0.29) is 22.7 Å². The summed E-state index contributed by atoms with van der Waals surface area (Å²) in [6.45, 7) is 21.6. The number of nitriles is 1. The van der Waals surface area contributed by atoms with Gasteiger partial charge in [-0.05, 0) is 38.7 Å². The second kappa shape index (κ2) is 18.6. The van der Waals surface area contributed by atoms with Crippen molar-refractivity contribution >= 4 is 17.1 Å². The number of rotatable bonds is 10. The van der Waals surface area contributed by atoms with E-state index in [1.54, 1.807) is 20.3 Å². The molecule has 0 aliphatic carbocycles. The van der Waals surface area contributed by atoms with Crippen LogP contribution in [0.5, 0.6) is 0 Å². The Morgan fingerprint density at radius 3 is 2.15 bits per heavy atom. The van der Waals surface area contributed by atoms with E-state index in [0.717, 1.165) is 31.6 Å². The summed E-state index contributed by atoms with van der Waals surface area (Å²) in [6.07, 6.45) is 5.88. The molecule has 34 heavy (non-hydrogen) atoms. The highest BCUT2D eigenvalue weighted by Crippen LogP contribution is 2.26. The average Bonchev–Trinajstić information content (AvgIpc) is 2.80. The highest BCUT2D eigenvalue weighted by atomic mass is 16.5. The maximum Gasteiger partial charge on any atom is 0.263 e. The second-order valence-electron chi connectivity index (χ2n) is 8.04. The third kappa shape index (κ3) is 10.4. The third-order valence-electron chi connectivity index (χ3n) is 4.51. The summed E-state index contributed by atoms with van der Waals surface area (Å²) >= 11 is 0. The molecular weight excluding hydrogens is 426 g/mol.